The minimum atomic E-state index is -0.628. The van der Waals surface area contributed by atoms with E-state index < -0.39 is 6.04 Å². The second-order valence-electron chi connectivity index (χ2n) is 8.65. The van der Waals surface area contributed by atoms with Crippen LogP contribution in [0.1, 0.15) is 50.3 Å². The average Bonchev–Trinajstić information content (AvgIpc) is 3.27. The number of nitrogens with zero attached hydrogens (tertiary/aromatic N) is 3. The van der Waals surface area contributed by atoms with Crippen molar-refractivity contribution in [2.45, 2.75) is 46.3 Å². The molecule has 2 amide bonds. The Morgan fingerprint density at radius 3 is 2.71 bits per heavy atom. The highest BCUT2D eigenvalue weighted by Gasteiger charge is 2.35. The van der Waals surface area contributed by atoms with Gasteiger partial charge in [0.15, 0.2) is 0 Å². The number of benzene rings is 2. The summed E-state index contributed by atoms with van der Waals surface area (Å²) in [7, 11) is 0. The predicted molar refractivity (Wildman–Crippen MR) is 127 cm³/mol. The normalized spacial score (nSPS) is 16.4. The van der Waals surface area contributed by atoms with Gasteiger partial charge in [-0.1, -0.05) is 41.1 Å². The lowest BCUT2D eigenvalue weighted by atomic mass is 9.94. The van der Waals surface area contributed by atoms with Gasteiger partial charge in [-0.25, -0.2) is 9.18 Å². The molecule has 2 heterocycles. The van der Waals surface area contributed by atoms with Crippen LogP contribution < -0.4 is 5.32 Å². The molecule has 1 N–H and O–H groups in total. The molecule has 0 aliphatic carbocycles. The van der Waals surface area contributed by atoms with Crippen LogP contribution >= 0.6 is 0 Å². The molecule has 8 heteroatoms. The molecule has 4 rings (SSSR count). The quantitative estimate of drug-likeness (QED) is 0.446. The molecule has 3 aromatic rings. The van der Waals surface area contributed by atoms with Crippen LogP contribution in [0.2, 0.25) is 0 Å². The Kier molecular flexibility index (Phi) is 7.07. The van der Waals surface area contributed by atoms with Crippen molar-refractivity contribution in [2.75, 3.05) is 13.2 Å². The predicted octanol–water partition coefficient (Wildman–Crippen LogP) is 5.50. The second kappa shape index (κ2) is 10.2. The minimum absolute atomic E-state index is 0.123. The topological polar surface area (TPSA) is 80.5 Å². The summed E-state index contributed by atoms with van der Waals surface area (Å²) < 4.78 is 25.4. The van der Waals surface area contributed by atoms with Gasteiger partial charge in [-0.3, -0.25) is 4.90 Å². The zero-order valence-electron chi connectivity index (χ0n) is 19.8. The van der Waals surface area contributed by atoms with Gasteiger partial charge in [0.25, 0.3) is 5.89 Å². The van der Waals surface area contributed by atoms with Crippen LogP contribution in [0.5, 0.6) is 0 Å². The highest BCUT2D eigenvalue weighted by molar-refractivity contribution is 5.86. The van der Waals surface area contributed by atoms with E-state index in [-0.39, 0.29) is 23.8 Å². The third-order valence-electron chi connectivity index (χ3n) is 5.69. The summed E-state index contributed by atoms with van der Waals surface area (Å²) in [6.45, 7) is 8.79. The van der Waals surface area contributed by atoms with E-state index in [0.717, 1.165) is 11.1 Å². The van der Waals surface area contributed by atoms with Gasteiger partial charge in [-0.2, -0.15) is 4.98 Å². The fourth-order valence-corrected chi connectivity index (χ4v) is 4.04. The number of rotatable bonds is 8. The highest BCUT2D eigenvalue weighted by atomic mass is 19.1. The first-order valence-corrected chi connectivity index (χ1v) is 11.4. The lowest BCUT2D eigenvalue weighted by Crippen LogP contribution is -2.46. The number of aryl methyl sites for hydroxylation is 1. The molecule has 0 spiro atoms. The number of allylic oxidation sites excluding steroid dienone is 1. The Hall–Kier alpha value is -3.52. The SMILES string of the molecule is CC1=C(c2nc(-c3cccc(C)c3)no2)C(c2cccc(F)c2)NC(=O)N1CCCOC(C)C. The molecule has 0 bridgehead atoms. The monoisotopic (exact) mass is 464 g/mol. The number of urea groups is 1. The van der Waals surface area contributed by atoms with Crippen LogP contribution in [0.3, 0.4) is 0 Å². The molecule has 1 aromatic heterocycles. The number of hydrogen-bond acceptors (Lipinski definition) is 5. The van der Waals surface area contributed by atoms with E-state index in [1.165, 1.54) is 12.1 Å². The van der Waals surface area contributed by atoms with Gasteiger partial charge in [0.05, 0.1) is 17.7 Å². The summed E-state index contributed by atoms with van der Waals surface area (Å²) in [6.07, 6.45) is 0.789. The van der Waals surface area contributed by atoms with E-state index in [4.69, 9.17) is 9.26 Å². The molecule has 1 atom stereocenters. The smallest absolute Gasteiger partial charge is 0.322 e. The largest absolute Gasteiger partial charge is 0.379 e. The maximum Gasteiger partial charge on any atom is 0.322 e. The van der Waals surface area contributed by atoms with Crippen LogP contribution in [0.4, 0.5) is 9.18 Å². The van der Waals surface area contributed by atoms with Gasteiger partial charge in [0.2, 0.25) is 5.82 Å². The third-order valence-corrected chi connectivity index (χ3v) is 5.69. The van der Waals surface area contributed by atoms with Gasteiger partial charge in [-0.15, -0.1) is 0 Å². The molecule has 1 aliphatic rings. The first kappa shape index (κ1) is 23.6. The summed E-state index contributed by atoms with van der Waals surface area (Å²) >= 11 is 0. The Morgan fingerprint density at radius 2 is 1.97 bits per heavy atom. The molecule has 0 saturated heterocycles. The molecule has 0 saturated carbocycles. The van der Waals surface area contributed by atoms with Crippen molar-refractivity contribution in [3.8, 4) is 11.4 Å². The van der Waals surface area contributed by atoms with Gasteiger partial charge in [-0.05, 0) is 57.9 Å². The van der Waals surface area contributed by atoms with Crippen molar-refractivity contribution >= 4 is 11.6 Å². The lowest BCUT2D eigenvalue weighted by Gasteiger charge is -2.35. The Labute approximate surface area is 198 Å². The number of nitrogens with one attached hydrogen (secondary N) is 1. The fraction of sp³-hybridized carbons (Fsp3) is 0.346. The molecule has 0 fully saturated rings. The Morgan fingerprint density at radius 1 is 1.18 bits per heavy atom. The number of ether oxygens (including phenoxy) is 1. The summed E-state index contributed by atoms with van der Waals surface area (Å²) in [5.74, 6) is 0.348. The molecule has 0 radical (unpaired) electrons. The number of halogens is 1. The average molecular weight is 465 g/mol. The zero-order valence-corrected chi connectivity index (χ0v) is 19.8. The molecule has 34 heavy (non-hydrogen) atoms. The highest BCUT2D eigenvalue weighted by Crippen LogP contribution is 2.37. The van der Waals surface area contributed by atoms with Crippen molar-refractivity contribution in [3.63, 3.8) is 0 Å². The molecule has 7 nitrogen and oxygen atoms in total. The Bertz CT molecular complexity index is 1200. The summed E-state index contributed by atoms with van der Waals surface area (Å²) in [6, 6.07) is 13.1. The molecule has 1 aliphatic heterocycles. The summed E-state index contributed by atoms with van der Waals surface area (Å²) in [4.78, 5) is 19.3. The fourth-order valence-electron chi connectivity index (χ4n) is 4.04. The number of carbonyl (C=O) groups excluding carboxylic acids is 1. The molecule has 2 aromatic carbocycles. The van der Waals surface area contributed by atoms with Crippen molar-refractivity contribution < 1.29 is 18.4 Å². The number of amides is 2. The maximum absolute atomic E-state index is 14.1. The number of hydrogen-bond donors (Lipinski definition) is 1. The lowest BCUT2D eigenvalue weighted by molar-refractivity contribution is 0.0736. The van der Waals surface area contributed by atoms with Gasteiger partial charge < -0.3 is 14.6 Å². The van der Waals surface area contributed by atoms with Gasteiger partial charge in [0.1, 0.15) is 5.82 Å². The zero-order chi connectivity index (χ0) is 24.2. The minimum Gasteiger partial charge on any atom is -0.379 e. The molecule has 1 unspecified atom stereocenters. The summed E-state index contributed by atoms with van der Waals surface area (Å²) in [5.41, 5.74) is 3.83. The standard InChI is InChI=1S/C26H29FN4O3/c1-16(2)33-13-7-12-31-18(4)22(23(28-26(31)32)19-9-6-11-21(27)15-19)25-29-24(30-34-25)20-10-5-8-17(3)14-20/h5-6,8-11,14-16,23H,7,12-13H2,1-4H3,(H,28,32). The second-order valence-corrected chi connectivity index (χ2v) is 8.65. The maximum atomic E-state index is 14.1. The van der Waals surface area contributed by atoms with Crippen LogP contribution in [0.15, 0.2) is 58.8 Å². The van der Waals surface area contributed by atoms with Crippen molar-refractivity contribution in [3.05, 3.63) is 77.1 Å². The summed E-state index contributed by atoms with van der Waals surface area (Å²) in [5, 5.41) is 7.17. The number of aromatic nitrogens is 2. The van der Waals surface area contributed by atoms with E-state index in [0.29, 0.717) is 42.2 Å². The Balaban J connectivity index is 1.72. The van der Waals surface area contributed by atoms with E-state index in [1.54, 1.807) is 17.0 Å². The van der Waals surface area contributed by atoms with Crippen LogP contribution in [-0.2, 0) is 4.74 Å². The number of carbonyl (C=O) groups is 1. The van der Waals surface area contributed by atoms with Crippen molar-refractivity contribution in [1.82, 2.24) is 20.4 Å². The first-order valence-electron chi connectivity index (χ1n) is 11.4. The van der Waals surface area contributed by atoms with Crippen LogP contribution in [0, 0.1) is 12.7 Å². The first-order chi connectivity index (χ1) is 16.3. The van der Waals surface area contributed by atoms with E-state index in [2.05, 4.69) is 15.5 Å². The van der Waals surface area contributed by atoms with E-state index in [1.807, 2.05) is 52.0 Å². The van der Waals surface area contributed by atoms with Crippen molar-refractivity contribution in [2.24, 2.45) is 0 Å². The van der Waals surface area contributed by atoms with Crippen molar-refractivity contribution in [1.29, 1.82) is 0 Å². The van der Waals surface area contributed by atoms with Gasteiger partial charge >= 0.3 is 6.03 Å². The van der Waals surface area contributed by atoms with E-state index in [9.17, 15) is 9.18 Å². The van der Waals surface area contributed by atoms with E-state index >= 15 is 0 Å². The van der Waals surface area contributed by atoms with Crippen LogP contribution in [-0.4, -0.2) is 40.3 Å². The molecule has 178 valence electrons. The van der Waals surface area contributed by atoms with Gasteiger partial charge in [0, 0.05) is 24.4 Å². The molecular formula is C26H29FN4O3. The molecular weight excluding hydrogens is 435 g/mol. The van der Waals surface area contributed by atoms with Crippen LogP contribution in [0.25, 0.3) is 17.0 Å². The third kappa shape index (κ3) is 5.17.